The van der Waals surface area contributed by atoms with Crippen molar-refractivity contribution in [1.82, 2.24) is 4.98 Å². The van der Waals surface area contributed by atoms with E-state index in [0.717, 1.165) is 17.7 Å². The van der Waals surface area contributed by atoms with Crippen LogP contribution in [0.4, 0.5) is 0 Å². The summed E-state index contributed by atoms with van der Waals surface area (Å²) in [7, 11) is 0. The van der Waals surface area contributed by atoms with Gasteiger partial charge in [-0.15, -0.1) is 0 Å². The van der Waals surface area contributed by atoms with Gasteiger partial charge in [-0.2, -0.15) is 0 Å². The number of pyridine rings is 1. The van der Waals surface area contributed by atoms with Crippen LogP contribution in [0, 0.1) is 0 Å². The summed E-state index contributed by atoms with van der Waals surface area (Å²) in [4.78, 5) is 4.33. The Morgan fingerprint density at radius 3 is 2.35 bits per heavy atom. The standard InChI is InChI=1S/C15H17NO/c1-15(12-17,13-7-3-2-4-8-13)11-14-9-5-6-10-16-14/h2-10,17H,11-12H2,1H3. The fourth-order valence-electron chi connectivity index (χ4n) is 1.99. The quantitative estimate of drug-likeness (QED) is 0.870. The lowest BCUT2D eigenvalue weighted by Gasteiger charge is -2.27. The maximum Gasteiger partial charge on any atom is 0.0529 e. The summed E-state index contributed by atoms with van der Waals surface area (Å²) in [5, 5.41) is 9.67. The lowest BCUT2D eigenvalue weighted by molar-refractivity contribution is 0.204. The van der Waals surface area contributed by atoms with Crippen LogP contribution in [0.2, 0.25) is 0 Å². The van der Waals surface area contributed by atoms with Gasteiger partial charge in [-0.25, -0.2) is 0 Å². The SMILES string of the molecule is CC(CO)(Cc1ccccn1)c1ccccc1. The lowest BCUT2D eigenvalue weighted by Crippen LogP contribution is -2.29. The third kappa shape index (κ3) is 2.71. The number of hydrogen-bond donors (Lipinski definition) is 1. The van der Waals surface area contributed by atoms with Crippen LogP contribution in [0.15, 0.2) is 54.7 Å². The molecule has 1 N–H and O–H groups in total. The molecule has 0 aliphatic rings. The van der Waals surface area contributed by atoms with Crippen molar-refractivity contribution in [2.45, 2.75) is 18.8 Å². The molecule has 2 aromatic rings. The molecule has 17 heavy (non-hydrogen) atoms. The third-order valence-electron chi connectivity index (χ3n) is 3.12. The highest BCUT2D eigenvalue weighted by Gasteiger charge is 2.26. The van der Waals surface area contributed by atoms with Gasteiger partial charge in [-0.3, -0.25) is 4.98 Å². The van der Waals surface area contributed by atoms with Crippen LogP contribution < -0.4 is 0 Å². The van der Waals surface area contributed by atoms with Crippen molar-refractivity contribution in [3.05, 3.63) is 66.0 Å². The first-order valence-corrected chi connectivity index (χ1v) is 5.81. The predicted octanol–water partition coefficient (Wildman–Crippen LogP) is 2.57. The van der Waals surface area contributed by atoms with Gasteiger partial charge in [0, 0.05) is 23.7 Å². The Labute approximate surface area is 102 Å². The number of aliphatic hydroxyl groups excluding tert-OH is 1. The zero-order valence-corrected chi connectivity index (χ0v) is 10.0. The molecule has 1 unspecified atom stereocenters. The summed E-state index contributed by atoms with van der Waals surface area (Å²) in [6.45, 7) is 2.19. The van der Waals surface area contributed by atoms with Gasteiger partial charge >= 0.3 is 0 Å². The molecule has 1 aromatic heterocycles. The predicted molar refractivity (Wildman–Crippen MR) is 68.8 cm³/mol. The molecule has 2 nitrogen and oxygen atoms in total. The van der Waals surface area contributed by atoms with Crippen molar-refractivity contribution in [3.63, 3.8) is 0 Å². The Morgan fingerprint density at radius 1 is 1.06 bits per heavy atom. The van der Waals surface area contributed by atoms with Crippen LogP contribution in [0.3, 0.4) is 0 Å². The Kier molecular flexibility index (Phi) is 3.55. The summed E-state index contributed by atoms with van der Waals surface area (Å²) < 4.78 is 0. The smallest absolute Gasteiger partial charge is 0.0529 e. The van der Waals surface area contributed by atoms with E-state index in [4.69, 9.17) is 0 Å². The van der Waals surface area contributed by atoms with Gasteiger partial charge in [-0.05, 0) is 17.7 Å². The molecule has 0 radical (unpaired) electrons. The van der Waals surface area contributed by atoms with Crippen LogP contribution in [-0.2, 0) is 11.8 Å². The van der Waals surface area contributed by atoms with Gasteiger partial charge in [0.05, 0.1) is 6.61 Å². The minimum atomic E-state index is -0.268. The first-order chi connectivity index (χ1) is 8.24. The van der Waals surface area contributed by atoms with Gasteiger partial charge < -0.3 is 5.11 Å². The minimum absolute atomic E-state index is 0.119. The summed E-state index contributed by atoms with van der Waals surface area (Å²) in [6.07, 6.45) is 2.53. The maximum absolute atomic E-state index is 9.67. The number of hydrogen-bond acceptors (Lipinski definition) is 2. The molecule has 0 amide bonds. The molecule has 0 saturated carbocycles. The number of rotatable bonds is 4. The Bertz CT molecular complexity index is 455. The molecule has 0 fully saturated rings. The second-order valence-corrected chi connectivity index (χ2v) is 4.58. The van der Waals surface area contributed by atoms with Crippen LogP contribution >= 0.6 is 0 Å². The van der Waals surface area contributed by atoms with Gasteiger partial charge in [0.1, 0.15) is 0 Å². The van der Waals surface area contributed by atoms with Gasteiger partial charge in [0.25, 0.3) is 0 Å². The van der Waals surface area contributed by atoms with E-state index >= 15 is 0 Å². The average Bonchev–Trinajstić information content (AvgIpc) is 2.41. The van der Waals surface area contributed by atoms with Crippen LogP contribution in [0.5, 0.6) is 0 Å². The molecule has 1 heterocycles. The molecule has 1 atom stereocenters. The van der Waals surface area contributed by atoms with E-state index in [2.05, 4.69) is 24.0 Å². The highest BCUT2D eigenvalue weighted by Crippen LogP contribution is 2.26. The number of aromatic nitrogens is 1. The minimum Gasteiger partial charge on any atom is -0.395 e. The largest absolute Gasteiger partial charge is 0.395 e. The van der Waals surface area contributed by atoms with Crippen LogP contribution in [0.1, 0.15) is 18.2 Å². The topological polar surface area (TPSA) is 33.1 Å². The molecule has 0 aliphatic heterocycles. The molecule has 88 valence electrons. The number of aliphatic hydroxyl groups is 1. The highest BCUT2D eigenvalue weighted by molar-refractivity contribution is 5.27. The number of nitrogens with zero attached hydrogens (tertiary/aromatic N) is 1. The molecular weight excluding hydrogens is 210 g/mol. The average molecular weight is 227 g/mol. The molecule has 0 saturated heterocycles. The Morgan fingerprint density at radius 2 is 1.76 bits per heavy atom. The Hall–Kier alpha value is -1.67. The van der Waals surface area contributed by atoms with Gasteiger partial charge in [0.15, 0.2) is 0 Å². The second-order valence-electron chi connectivity index (χ2n) is 4.58. The summed E-state index contributed by atoms with van der Waals surface area (Å²) in [5.41, 5.74) is 1.89. The Balaban J connectivity index is 2.27. The van der Waals surface area contributed by atoms with Crippen LogP contribution in [0.25, 0.3) is 0 Å². The number of benzene rings is 1. The molecule has 2 heteroatoms. The fourth-order valence-corrected chi connectivity index (χ4v) is 1.99. The first kappa shape index (κ1) is 11.8. The molecule has 2 rings (SSSR count). The molecular formula is C15H17NO. The van der Waals surface area contributed by atoms with E-state index in [0.29, 0.717) is 0 Å². The summed E-state index contributed by atoms with van der Waals surface area (Å²) in [5.74, 6) is 0. The molecule has 0 spiro atoms. The van der Waals surface area contributed by atoms with E-state index in [1.54, 1.807) is 6.20 Å². The van der Waals surface area contributed by atoms with Crippen molar-refractivity contribution in [3.8, 4) is 0 Å². The highest BCUT2D eigenvalue weighted by atomic mass is 16.3. The van der Waals surface area contributed by atoms with Gasteiger partial charge in [0.2, 0.25) is 0 Å². The zero-order chi connectivity index (χ0) is 12.1. The summed E-state index contributed by atoms with van der Waals surface area (Å²) >= 11 is 0. The second kappa shape index (κ2) is 5.11. The normalized spacial score (nSPS) is 14.2. The monoisotopic (exact) mass is 227 g/mol. The molecule has 0 aliphatic carbocycles. The van der Waals surface area contributed by atoms with E-state index in [-0.39, 0.29) is 12.0 Å². The van der Waals surface area contributed by atoms with Crippen molar-refractivity contribution < 1.29 is 5.11 Å². The van der Waals surface area contributed by atoms with E-state index in [1.807, 2.05) is 36.4 Å². The molecule has 1 aromatic carbocycles. The van der Waals surface area contributed by atoms with Crippen molar-refractivity contribution >= 4 is 0 Å². The summed E-state index contributed by atoms with van der Waals surface area (Å²) in [6, 6.07) is 16.0. The lowest BCUT2D eigenvalue weighted by atomic mass is 9.79. The third-order valence-corrected chi connectivity index (χ3v) is 3.12. The van der Waals surface area contributed by atoms with Gasteiger partial charge in [-0.1, -0.05) is 43.3 Å². The van der Waals surface area contributed by atoms with E-state index in [9.17, 15) is 5.11 Å². The maximum atomic E-state index is 9.67. The van der Waals surface area contributed by atoms with E-state index in [1.165, 1.54) is 0 Å². The fraction of sp³-hybridized carbons (Fsp3) is 0.267. The van der Waals surface area contributed by atoms with Crippen molar-refractivity contribution in [2.75, 3.05) is 6.61 Å². The molecule has 0 bridgehead atoms. The van der Waals surface area contributed by atoms with Crippen LogP contribution in [-0.4, -0.2) is 16.7 Å². The van der Waals surface area contributed by atoms with Crippen molar-refractivity contribution in [2.24, 2.45) is 0 Å². The first-order valence-electron chi connectivity index (χ1n) is 5.81. The zero-order valence-electron chi connectivity index (χ0n) is 10.0. The van der Waals surface area contributed by atoms with E-state index < -0.39 is 0 Å². The van der Waals surface area contributed by atoms with Crippen molar-refractivity contribution in [1.29, 1.82) is 0 Å².